The predicted molar refractivity (Wildman–Crippen MR) is 84.6 cm³/mol. The fourth-order valence-electron chi connectivity index (χ4n) is 2.42. The van der Waals surface area contributed by atoms with Crippen molar-refractivity contribution in [1.29, 1.82) is 0 Å². The number of fused-ring (bicyclic) bond motifs is 1. The Labute approximate surface area is 129 Å². The van der Waals surface area contributed by atoms with Crippen molar-refractivity contribution in [3.05, 3.63) is 42.0 Å². The van der Waals surface area contributed by atoms with Crippen LogP contribution < -0.4 is 4.94 Å². The molecule has 0 aliphatic heterocycles. The summed E-state index contributed by atoms with van der Waals surface area (Å²) in [7, 11) is 0. The molecule has 3 nitrogen and oxygen atoms in total. The van der Waals surface area contributed by atoms with Gasteiger partial charge in [-0.15, -0.1) is 0 Å². The van der Waals surface area contributed by atoms with Gasteiger partial charge in [0.05, 0.1) is 5.92 Å². The van der Waals surface area contributed by atoms with Crippen LogP contribution in [0.15, 0.2) is 36.4 Å². The highest BCUT2D eigenvalue weighted by atomic mass is 19.3. The van der Waals surface area contributed by atoms with E-state index in [1.807, 2.05) is 39.0 Å². The van der Waals surface area contributed by atoms with Crippen LogP contribution in [0.1, 0.15) is 45.1 Å². The van der Waals surface area contributed by atoms with Gasteiger partial charge in [0, 0.05) is 4.53 Å². The van der Waals surface area contributed by atoms with Gasteiger partial charge in [-0.2, -0.15) is 0 Å². The first-order valence-electron chi connectivity index (χ1n) is 7.61. The van der Waals surface area contributed by atoms with Gasteiger partial charge in [-0.1, -0.05) is 38.1 Å². The third kappa shape index (κ3) is 3.56. The van der Waals surface area contributed by atoms with E-state index < -0.39 is 0 Å². The zero-order valence-corrected chi connectivity index (χ0v) is 13.1. The number of ether oxygens (including phenoxy) is 1. The minimum Gasteiger partial charge on any atom is -0.462 e. The van der Waals surface area contributed by atoms with Gasteiger partial charge in [0.2, 0.25) is 0 Å². The molecule has 0 aromatic heterocycles. The molecule has 0 spiro atoms. The van der Waals surface area contributed by atoms with Gasteiger partial charge >= 0.3 is 5.97 Å². The van der Waals surface area contributed by atoms with Crippen LogP contribution in [0.4, 0.5) is 4.53 Å². The van der Waals surface area contributed by atoms with E-state index in [2.05, 4.69) is 4.94 Å². The lowest BCUT2D eigenvalue weighted by Crippen LogP contribution is -2.20. The van der Waals surface area contributed by atoms with Gasteiger partial charge in [-0.25, -0.2) is 0 Å². The molecule has 0 unspecified atom stereocenters. The van der Waals surface area contributed by atoms with Crippen LogP contribution in [0, 0.1) is 0 Å². The third-order valence-electron chi connectivity index (χ3n) is 3.97. The minimum atomic E-state index is -0.331. The molecule has 1 atom stereocenters. The second-order valence-electron chi connectivity index (χ2n) is 5.44. The van der Waals surface area contributed by atoms with Crippen molar-refractivity contribution >= 4 is 16.7 Å². The van der Waals surface area contributed by atoms with E-state index in [0.29, 0.717) is 0 Å². The standard InChI is InChI=1S/C18H21FO3/c1-4-16(5-2)21-18(20)12(3)13-6-7-15-11-17(22-19)9-8-14(15)10-13/h6-12,16H,4-5H2,1-3H3/t12-/m0/s1. The van der Waals surface area contributed by atoms with Gasteiger partial charge in [-0.05, 0) is 48.2 Å². The number of carbonyl (C=O) groups excluding carboxylic acids is 1. The average Bonchev–Trinajstić information content (AvgIpc) is 2.57. The molecule has 2 rings (SSSR count). The van der Waals surface area contributed by atoms with Crippen molar-refractivity contribution in [2.75, 3.05) is 0 Å². The summed E-state index contributed by atoms with van der Waals surface area (Å²) in [5, 5.41) is 1.79. The molecule has 0 aliphatic carbocycles. The average molecular weight is 304 g/mol. The summed E-state index contributed by atoms with van der Waals surface area (Å²) < 4.78 is 17.7. The van der Waals surface area contributed by atoms with Crippen molar-refractivity contribution < 1.29 is 19.0 Å². The Kier molecular flexibility index (Phi) is 5.36. The third-order valence-corrected chi connectivity index (χ3v) is 3.97. The molecule has 4 heteroatoms. The molecule has 0 N–H and O–H groups in total. The highest BCUT2D eigenvalue weighted by molar-refractivity contribution is 5.86. The summed E-state index contributed by atoms with van der Waals surface area (Å²) in [5.41, 5.74) is 0.886. The Morgan fingerprint density at radius 3 is 2.36 bits per heavy atom. The second kappa shape index (κ2) is 7.25. The second-order valence-corrected chi connectivity index (χ2v) is 5.44. The first kappa shape index (κ1) is 16.3. The molecule has 0 fully saturated rings. The van der Waals surface area contributed by atoms with Crippen LogP contribution in [-0.2, 0) is 9.53 Å². The Morgan fingerprint density at radius 2 is 1.73 bits per heavy atom. The lowest BCUT2D eigenvalue weighted by molar-refractivity contribution is -0.150. The quantitative estimate of drug-likeness (QED) is 0.709. The van der Waals surface area contributed by atoms with Crippen molar-refractivity contribution in [2.24, 2.45) is 0 Å². The highest BCUT2D eigenvalue weighted by Gasteiger charge is 2.20. The molecular weight excluding hydrogens is 283 g/mol. The topological polar surface area (TPSA) is 35.5 Å². The van der Waals surface area contributed by atoms with Crippen LogP contribution in [0.25, 0.3) is 10.8 Å². The largest absolute Gasteiger partial charge is 0.462 e. The molecule has 0 radical (unpaired) electrons. The minimum absolute atomic E-state index is 0.0281. The van der Waals surface area contributed by atoms with Gasteiger partial charge < -0.3 is 4.74 Å². The molecular formula is C18H21FO3. The van der Waals surface area contributed by atoms with Crippen molar-refractivity contribution in [1.82, 2.24) is 0 Å². The van der Waals surface area contributed by atoms with E-state index in [-0.39, 0.29) is 23.7 Å². The molecule has 2 aromatic rings. The van der Waals surface area contributed by atoms with E-state index in [4.69, 9.17) is 4.74 Å². The van der Waals surface area contributed by atoms with Crippen molar-refractivity contribution in [3.63, 3.8) is 0 Å². The predicted octanol–water partition coefficient (Wildman–Crippen LogP) is 4.94. The lowest BCUT2D eigenvalue weighted by atomic mass is 9.97. The summed E-state index contributed by atoms with van der Waals surface area (Å²) in [6.07, 6.45) is 1.61. The Hall–Kier alpha value is -2.10. The molecule has 0 saturated carbocycles. The SMILES string of the molecule is CCC(CC)OC(=O)[C@@H](C)c1ccc2cc(OF)ccc2c1. The van der Waals surface area contributed by atoms with E-state index in [1.165, 1.54) is 0 Å². The first-order valence-corrected chi connectivity index (χ1v) is 7.61. The molecule has 0 amide bonds. The fourth-order valence-corrected chi connectivity index (χ4v) is 2.42. The lowest BCUT2D eigenvalue weighted by Gasteiger charge is -2.18. The molecule has 0 aliphatic rings. The van der Waals surface area contributed by atoms with E-state index in [9.17, 15) is 9.32 Å². The summed E-state index contributed by atoms with van der Waals surface area (Å²) in [6.45, 7) is 5.85. The Bertz CT molecular complexity index is 650. The number of esters is 1. The van der Waals surface area contributed by atoms with Crippen LogP contribution in [0.3, 0.4) is 0 Å². The summed E-state index contributed by atoms with van der Waals surface area (Å²) in [6, 6.07) is 10.6. The van der Waals surface area contributed by atoms with Crippen LogP contribution in [0.5, 0.6) is 5.75 Å². The van der Waals surface area contributed by atoms with Crippen molar-refractivity contribution in [2.45, 2.75) is 45.6 Å². The molecule has 22 heavy (non-hydrogen) atoms. The first-order chi connectivity index (χ1) is 10.6. The van der Waals surface area contributed by atoms with Crippen LogP contribution in [-0.4, -0.2) is 12.1 Å². The smallest absolute Gasteiger partial charge is 0.313 e. The number of hydrogen-bond acceptors (Lipinski definition) is 3. The number of halogens is 1. The van der Waals surface area contributed by atoms with Gasteiger partial charge in [-0.3, -0.25) is 9.74 Å². The molecule has 0 heterocycles. The van der Waals surface area contributed by atoms with Crippen molar-refractivity contribution in [3.8, 4) is 5.75 Å². The maximum Gasteiger partial charge on any atom is 0.313 e. The Balaban J connectivity index is 2.21. The number of benzene rings is 2. The molecule has 118 valence electrons. The van der Waals surface area contributed by atoms with Crippen LogP contribution >= 0.6 is 0 Å². The highest BCUT2D eigenvalue weighted by Crippen LogP contribution is 2.26. The molecule has 2 aromatic carbocycles. The van der Waals surface area contributed by atoms with E-state index in [0.717, 1.165) is 29.2 Å². The maximum atomic E-state index is 12.2. The van der Waals surface area contributed by atoms with Gasteiger partial charge in [0.15, 0.2) is 5.75 Å². The Morgan fingerprint density at radius 1 is 1.09 bits per heavy atom. The maximum absolute atomic E-state index is 12.2. The van der Waals surface area contributed by atoms with Gasteiger partial charge in [0.1, 0.15) is 6.10 Å². The zero-order valence-electron chi connectivity index (χ0n) is 13.1. The monoisotopic (exact) mass is 304 g/mol. The van der Waals surface area contributed by atoms with E-state index >= 15 is 0 Å². The molecule has 0 saturated heterocycles. The normalized spacial score (nSPS) is 12.4. The van der Waals surface area contributed by atoms with Gasteiger partial charge in [0.25, 0.3) is 0 Å². The van der Waals surface area contributed by atoms with E-state index in [1.54, 1.807) is 18.2 Å². The zero-order chi connectivity index (χ0) is 16.1. The fraction of sp³-hybridized carbons (Fsp3) is 0.389. The summed E-state index contributed by atoms with van der Waals surface area (Å²) >= 11 is 0. The number of rotatable bonds is 6. The number of hydrogen-bond donors (Lipinski definition) is 0. The van der Waals surface area contributed by atoms with Crippen LogP contribution in [0.2, 0.25) is 0 Å². The summed E-state index contributed by atoms with van der Waals surface area (Å²) in [5.74, 6) is -0.375. The molecule has 0 bridgehead atoms. The summed E-state index contributed by atoms with van der Waals surface area (Å²) in [4.78, 5) is 15.9. The number of carbonyl (C=O) groups is 1.